The van der Waals surface area contributed by atoms with Gasteiger partial charge in [-0.15, -0.1) is 0 Å². The quantitative estimate of drug-likeness (QED) is 0.0381. The Balaban J connectivity index is 1.78. The van der Waals surface area contributed by atoms with Gasteiger partial charge < -0.3 is 30.2 Å². The summed E-state index contributed by atoms with van der Waals surface area (Å²) in [4.78, 5) is 45.4. The molecule has 0 heterocycles. The number of nitrogens with one attached hydrogen (secondary N) is 3. The molecule has 0 aliphatic carbocycles. The molecule has 0 saturated carbocycles. The summed E-state index contributed by atoms with van der Waals surface area (Å²) in [5.41, 5.74) is 1.61. The number of unbranched alkanes of at least 4 members (excludes halogenated alkanes) is 27. The van der Waals surface area contributed by atoms with Gasteiger partial charge in [0.25, 0.3) is 17.7 Å². The first-order valence-corrected chi connectivity index (χ1v) is 28.7. The van der Waals surface area contributed by atoms with Crippen LogP contribution in [-0.2, 0) is 0 Å². The van der Waals surface area contributed by atoms with Crippen molar-refractivity contribution in [3.05, 3.63) is 108 Å². The third-order valence-electron chi connectivity index (χ3n) is 13.4. The highest BCUT2D eigenvalue weighted by molar-refractivity contribution is 6.20. The van der Waals surface area contributed by atoms with E-state index in [4.69, 9.17) is 14.2 Å². The molecule has 4 aromatic carbocycles. The third-order valence-corrected chi connectivity index (χ3v) is 13.4. The standard InChI is InChI=1S/C63H93N3O6/c1-4-7-10-13-16-19-22-25-28-40-49-70-58-55(61(67)64-52-43-34-31-35-44-52)59(71-50-41-29-26-23-20-17-14-11-8-5-2)57(63(69)66-54-47-38-33-39-48-54)60(56(58)62(68)65-53-45-36-32-37-46-53)72-51-42-30-27-24-21-18-15-12-9-6-3/h31-39,43-48H,4-30,40-42,49-51H2,1-3H3,(H,64,67)(H,65,68)(H,66,69). The van der Waals surface area contributed by atoms with Crippen LogP contribution in [0.2, 0.25) is 0 Å². The topological polar surface area (TPSA) is 115 Å². The van der Waals surface area contributed by atoms with Crippen molar-refractivity contribution in [3.63, 3.8) is 0 Å². The fourth-order valence-electron chi connectivity index (χ4n) is 9.17. The van der Waals surface area contributed by atoms with E-state index in [1.54, 1.807) is 0 Å². The molecular formula is C63H93N3O6. The van der Waals surface area contributed by atoms with E-state index >= 15 is 14.4 Å². The Labute approximate surface area is 435 Å². The number of para-hydroxylation sites is 3. The van der Waals surface area contributed by atoms with Crippen molar-refractivity contribution in [1.29, 1.82) is 0 Å². The van der Waals surface area contributed by atoms with Crippen LogP contribution in [-0.4, -0.2) is 37.5 Å². The second-order valence-corrected chi connectivity index (χ2v) is 19.7. The van der Waals surface area contributed by atoms with Crippen molar-refractivity contribution in [2.75, 3.05) is 35.8 Å². The largest absolute Gasteiger partial charge is 0.492 e. The number of rotatable bonds is 42. The molecule has 9 heteroatoms. The number of amides is 3. The van der Waals surface area contributed by atoms with Crippen LogP contribution >= 0.6 is 0 Å². The summed E-state index contributed by atoms with van der Waals surface area (Å²) >= 11 is 0. The monoisotopic (exact) mass is 988 g/mol. The molecule has 4 rings (SSSR count). The van der Waals surface area contributed by atoms with Crippen molar-refractivity contribution < 1.29 is 28.6 Å². The molecule has 0 aromatic heterocycles. The summed E-state index contributed by atoms with van der Waals surface area (Å²) in [6.07, 6.45) is 34.4. The zero-order chi connectivity index (χ0) is 51.1. The number of ether oxygens (including phenoxy) is 3. The molecule has 72 heavy (non-hydrogen) atoms. The number of anilines is 3. The van der Waals surface area contributed by atoms with Crippen LogP contribution in [0.25, 0.3) is 0 Å². The van der Waals surface area contributed by atoms with E-state index in [-0.39, 0.29) is 53.8 Å². The molecule has 0 spiro atoms. The summed E-state index contributed by atoms with van der Waals surface area (Å²) < 4.78 is 20.4. The maximum atomic E-state index is 15.1. The van der Waals surface area contributed by atoms with Gasteiger partial charge in [0.1, 0.15) is 16.7 Å². The Bertz CT molecular complexity index is 1790. The summed E-state index contributed by atoms with van der Waals surface area (Å²) in [6, 6.07) is 27.6. The lowest BCUT2D eigenvalue weighted by Gasteiger charge is -2.25. The Kier molecular flexibility index (Phi) is 31.5. The Morgan fingerprint density at radius 2 is 0.486 bits per heavy atom. The Morgan fingerprint density at radius 3 is 0.694 bits per heavy atom. The highest BCUT2D eigenvalue weighted by Gasteiger charge is 2.37. The van der Waals surface area contributed by atoms with Crippen molar-refractivity contribution in [2.24, 2.45) is 0 Å². The minimum Gasteiger partial charge on any atom is -0.492 e. The first-order chi connectivity index (χ1) is 35.5. The van der Waals surface area contributed by atoms with Gasteiger partial charge >= 0.3 is 0 Å². The molecule has 9 nitrogen and oxygen atoms in total. The van der Waals surface area contributed by atoms with Gasteiger partial charge in [-0.25, -0.2) is 0 Å². The van der Waals surface area contributed by atoms with Crippen LogP contribution in [0.15, 0.2) is 91.0 Å². The van der Waals surface area contributed by atoms with Gasteiger partial charge in [-0.2, -0.15) is 0 Å². The number of carbonyl (C=O) groups is 3. The van der Waals surface area contributed by atoms with Gasteiger partial charge in [-0.1, -0.05) is 249 Å². The first-order valence-electron chi connectivity index (χ1n) is 28.7. The number of hydrogen-bond acceptors (Lipinski definition) is 6. The third kappa shape index (κ3) is 23.5. The molecule has 0 aliphatic rings. The van der Waals surface area contributed by atoms with Crippen molar-refractivity contribution >= 4 is 34.8 Å². The Morgan fingerprint density at radius 1 is 0.292 bits per heavy atom. The number of benzene rings is 4. The number of hydrogen-bond donors (Lipinski definition) is 3. The molecule has 0 fully saturated rings. The summed E-state index contributed by atoms with van der Waals surface area (Å²) in [7, 11) is 0. The number of carbonyl (C=O) groups excluding carboxylic acids is 3. The van der Waals surface area contributed by atoms with Gasteiger partial charge in [-0.05, 0) is 55.7 Å². The molecule has 0 bridgehead atoms. The van der Waals surface area contributed by atoms with Crippen molar-refractivity contribution in [1.82, 2.24) is 0 Å². The molecule has 3 N–H and O–H groups in total. The van der Waals surface area contributed by atoms with Crippen LogP contribution in [0.5, 0.6) is 17.2 Å². The lowest BCUT2D eigenvalue weighted by Crippen LogP contribution is -2.26. The lowest BCUT2D eigenvalue weighted by atomic mass is 9.97. The average molecular weight is 988 g/mol. The second kappa shape index (κ2) is 38.3. The van der Waals surface area contributed by atoms with E-state index in [2.05, 4.69) is 36.7 Å². The molecule has 0 unspecified atom stereocenters. The van der Waals surface area contributed by atoms with Crippen LogP contribution in [0.3, 0.4) is 0 Å². The van der Waals surface area contributed by atoms with Gasteiger partial charge in [0.2, 0.25) is 0 Å². The lowest BCUT2D eigenvalue weighted by molar-refractivity contribution is 0.100. The molecule has 0 radical (unpaired) electrons. The summed E-state index contributed by atoms with van der Waals surface area (Å²) in [6.45, 7) is 7.49. The average Bonchev–Trinajstić information content (AvgIpc) is 3.39. The molecule has 0 atom stereocenters. The molecule has 396 valence electrons. The maximum absolute atomic E-state index is 15.1. The van der Waals surface area contributed by atoms with E-state index in [9.17, 15) is 0 Å². The minimum absolute atomic E-state index is 0.0132. The van der Waals surface area contributed by atoms with E-state index in [1.807, 2.05) is 91.0 Å². The normalized spacial score (nSPS) is 11.0. The van der Waals surface area contributed by atoms with E-state index in [0.717, 1.165) is 77.0 Å². The predicted molar refractivity (Wildman–Crippen MR) is 302 cm³/mol. The highest BCUT2D eigenvalue weighted by atomic mass is 16.5. The van der Waals surface area contributed by atoms with Crippen molar-refractivity contribution in [2.45, 2.75) is 213 Å². The zero-order valence-electron chi connectivity index (χ0n) is 44.9. The fourth-order valence-corrected chi connectivity index (χ4v) is 9.17. The van der Waals surface area contributed by atoms with E-state index in [0.29, 0.717) is 17.1 Å². The SMILES string of the molecule is CCCCCCCCCCCCOc1c(C(=O)Nc2ccccc2)c(OCCCCCCCCCCCC)c(C(=O)Nc2ccccc2)c(OCCCCCCCCCCCC)c1C(=O)Nc1ccccc1. The maximum Gasteiger partial charge on any atom is 0.263 e. The molecular weight excluding hydrogens is 895 g/mol. The van der Waals surface area contributed by atoms with Crippen LogP contribution < -0.4 is 30.2 Å². The smallest absolute Gasteiger partial charge is 0.263 e. The van der Waals surface area contributed by atoms with Gasteiger partial charge in [0.15, 0.2) is 17.2 Å². The van der Waals surface area contributed by atoms with Gasteiger partial charge in [-0.3, -0.25) is 14.4 Å². The fraction of sp³-hybridized carbons (Fsp3) is 0.571. The first kappa shape index (κ1) is 59.3. The highest BCUT2D eigenvalue weighted by Crippen LogP contribution is 2.46. The van der Waals surface area contributed by atoms with E-state index in [1.165, 1.54) is 116 Å². The molecule has 0 saturated heterocycles. The van der Waals surface area contributed by atoms with Crippen LogP contribution in [0, 0.1) is 0 Å². The van der Waals surface area contributed by atoms with E-state index < -0.39 is 17.7 Å². The molecule has 0 aliphatic heterocycles. The zero-order valence-corrected chi connectivity index (χ0v) is 44.9. The summed E-state index contributed by atoms with van der Waals surface area (Å²) in [5, 5.41) is 9.19. The van der Waals surface area contributed by atoms with Crippen LogP contribution in [0.1, 0.15) is 244 Å². The molecule has 3 amide bonds. The summed E-state index contributed by atoms with van der Waals surface area (Å²) in [5.74, 6) is -1.54. The predicted octanol–water partition coefficient (Wildman–Crippen LogP) is 18.3. The van der Waals surface area contributed by atoms with Crippen LogP contribution in [0.4, 0.5) is 17.1 Å². The van der Waals surface area contributed by atoms with Gasteiger partial charge in [0.05, 0.1) is 19.8 Å². The molecule has 4 aromatic rings. The second-order valence-electron chi connectivity index (χ2n) is 19.7. The van der Waals surface area contributed by atoms with Gasteiger partial charge in [0, 0.05) is 17.1 Å². The Hall–Kier alpha value is -5.31. The minimum atomic E-state index is -0.555. The van der Waals surface area contributed by atoms with Crippen molar-refractivity contribution in [3.8, 4) is 17.2 Å².